The molecule has 2 unspecified atom stereocenters. The summed E-state index contributed by atoms with van der Waals surface area (Å²) in [4.78, 5) is 8.65. The van der Waals surface area contributed by atoms with Gasteiger partial charge >= 0.3 is 0 Å². The average molecular weight is 360 g/mol. The topological polar surface area (TPSA) is 116 Å². The highest BCUT2D eigenvalue weighted by Crippen LogP contribution is 2.31. The predicted octanol–water partition coefficient (Wildman–Crippen LogP) is 0.145. The molecule has 2 aromatic rings. The molecule has 1 saturated heterocycles. The van der Waals surface area contributed by atoms with Crippen molar-refractivity contribution < 1.29 is 25.2 Å². The molecule has 4 N–H and O–H groups in total. The van der Waals surface area contributed by atoms with E-state index in [0.717, 1.165) is 12.0 Å². The van der Waals surface area contributed by atoms with Crippen molar-refractivity contribution in [3.8, 4) is 0 Å². The number of hydrogen-bond donors (Lipinski definition) is 4. The van der Waals surface area contributed by atoms with E-state index in [0.29, 0.717) is 17.8 Å². The van der Waals surface area contributed by atoms with E-state index in [1.54, 1.807) is 6.20 Å². The molecular formula is C19H24N2O5. The number of ether oxygens (including phenoxy) is 1. The maximum absolute atomic E-state index is 10.2. The van der Waals surface area contributed by atoms with Crippen molar-refractivity contribution >= 4 is 0 Å². The molecular weight excluding hydrogens is 336 g/mol. The quantitative estimate of drug-likeness (QED) is 0.599. The molecule has 26 heavy (non-hydrogen) atoms. The second-order valence-electron chi connectivity index (χ2n) is 6.53. The smallest absolute Gasteiger partial charge is 0.130 e. The lowest BCUT2D eigenvalue weighted by molar-refractivity contribution is -0.232. The zero-order chi connectivity index (χ0) is 18.7. The van der Waals surface area contributed by atoms with E-state index >= 15 is 0 Å². The Morgan fingerprint density at radius 1 is 0.962 bits per heavy atom. The maximum atomic E-state index is 10.2. The highest BCUT2D eigenvalue weighted by Gasteiger charge is 2.44. The van der Waals surface area contributed by atoms with E-state index in [1.807, 2.05) is 12.1 Å². The minimum Gasteiger partial charge on any atom is -0.394 e. The van der Waals surface area contributed by atoms with Gasteiger partial charge in [0.2, 0.25) is 0 Å². The standard InChI is InChI=1S/C19H24N2O5/c1-2-11-3-5-12(6-4-11)7-13-8-20-9-14(21-13)19-18(25)17(24)16(23)15(10-22)26-19/h3-6,8-9,15-19,22-25H,2,7,10H2,1H3/t15?,16-,17?,18-,19+/m1/s1. The van der Waals surface area contributed by atoms with Crippen LogP contribution in [0.5, 0.6) is 0 Å². The van der Waals surface area contributed by atoms with Crippen molar-refractivity contribution in [3.63, 3.8) is 0 Å². The van der Waals surface area contributed by atoms with E-state index < -0.39 is 37.1 Å². The van der Waals surface area contributed by atoms with Gasteiger partial charge in [-0.25, -0.2) is 0 Å². The van der Waals surface area contributed by atoms with Crippen molar-refractivity contribution in [2.75, 3.05) is 6.61 Å². The van der Waals surface area contributed by atoms with E-state index in [2.05, 4.69) is 29.0 Å². The summed E-state index contributed by atoms with van der Waals surface area (Å²) in [5.41, 5.74) is 3.39. The van der Waals surface area contributed by atoms with Crippen LogP contribution in [0, 0.1) is 0 Å². The van der Waals surface area contributed by atoms with Gasteiger partial charge in [-0.2, -0.15) is 0 Å². The first-order valence-corrected chi connectivity index (χ1v) is 8.72. The van der Waals surface area contributed by atoms with E-state index in [4.69, 9.17) is 4.74 Å². The molecule has 1 aromatic carbocycles. The summed E-state index contributed by atoms with van der Waals surface area (Å²) in [6.07, 6.45) is -1.48. The first-order chi connectivity index (χ1) is 12.5. The van der Waals surface area contributed by atoms with Crippen LogP contribution in [0.2, 0.25) is 0 Å². The van der Waals surface area contributed by atoms with Crippen LogP contribution in [0.4, 0.5) is 0 Å². The molecule has 1 aliphatic rings. The fourth-order valence-electron chi connectivity index (χ4n) is 3.09. The number of benzene rings is 1. The van der Waals surface area contributed by atoms with Crippen LogP contribution in [0.1, 0.15) is 35.5 Å². The zero-order valence-corrected chi connectivity index (χ0v) is 14.6. The lowest BCUT2D eigenvalue weighted by atomic mass is 9.93. The van der Waals surface area contributed by atoms with Gasteiger partial charge < -0.3 is 25.2 Å². The number of aromatic nitrogens is 2. The number of aliphatic hydroxyl groups is 4. The van der Waals surface area contributed by atoms with Crippen LogP contribution in [0.3, 0.4) is 0 Å². The van der Waals surface area contributed by atoms with E-state index in [9.17, 15) is 20.4 Å². The van der Waals surface area contributed by atoms with Crippen LogP contribution in [0.15, 0.2) is 36.7 Å². The molecule has 7 nitrogen and oxygen atoms in total. The molecule has 5 atom stereocenters. The Bertz CT molecular complexity index is 722. The third-order valence-corrected chi connectivity index (χ3v) is 4.70. The molecule has 0 amide bonds. The van der Waals surface area contributed by atoms with Gasteiger partial charge in [-0.05, 0) is 17.5 Å². The second-order valence-corrected chi connectivity index (χ2v) is 6.53. The number of aliphatic hydroxyl groups excluding tert-OH is 4. The normalized spacial score (nSPS) is 28.9. The Morgan fingerprint density at radius 3 is 2.31 bits per heavy atom. The lowest BCUT2D eigenvalue weighted by Crippen LogP contribution is -2.55. The third-order valence-electron chi connectivity index (χ3n) is 4.70. The molecule has 0 radical (unpaired) electrons. The van der Waals surface area contributed by atoms with Gasteiger partial charge in [0.25, 0.3) is 0 Å². The summed E-state index contributed by atoms with van der Waals surface area (Å²) >= 11 is 0. The van der Waals surface area contributed by atoms with Gasteiger partial charge in [-0.3, -0.25) is 9.97 Å². The summed E-state index contributed by atoms with van der Waals surface area (Å²) in [5, 5.41) is 39.4. The summed E-state index contributed by atoms with van der Waals surface area (Å²) in [5.74, 6) is 0. The fraction of sp³-hybridized carbons (Fsp3) is 0.474. The van der Waals surface area contributed by atoms with Gasteiger partial charge in [-0.15, -0.1) is 0 Å². The number of rotatable bonds is 5. The average Bonchev–Trinajstić information content (AvgIpc) is 2.67. The second kappa shape index (κ2) is 8.20. The summed E-state index contributed by atoms with van der Waals surface area (Å²) < 4.78 is 5.54. The molecule has 1 aromatic heterocycles. The Balaban J connectivity index is 1.79. The van der Waals surface area contributed by atoms with Gasteiger partial charge in [0.05, 0.1) is 24.2 Å². The van der Waals surface area contributed by atoms with E-state index in [1.165, 1.54) is 11.8 Å². The van der Waals surface area contributed by atoms with E-state index in [-0.39, 0.29) is 0 Å². The Labute approximate surface area is 151 Å². The Kier molecular flexibility index (Phi) is 5.95. The van der Waals surface area contributed by atoms with Gasteiger partial charge in [0.1, 0.15) is 30.5 Å². The van der Waals surface area contributed by atoms with Crippen molar-refractivity contribution in [2.24, 2.45) is 0 Å². The third kappa shape index (κ3) is 3.92. The van der Waals surface area contributed by atoms with Crippen LogP contribution in [-0.2, 0) is 17.6 Å². The maximum Gasteiger partial charge on any atom is 0.130 e. The molecule has 140 valence electrons. The first kappa shape index (κ1) is 18.9. The SMILES string of the molecule is CCc1ccc(Cc2cncc([C@@H]3OC(CO)[C@@H](O)C(O)[C@H]3O)n2)cc1. The van der Waals surface area contributed by atoms with Crippen LogP contribution in [-0.4, -0.2) is 61.4 Å². The van der Waals surface area contributed by atoms with Crippen LogP contribution >= 0.6 is 0 Å². The Morgan fingerprint density at radius 2 is 1.65 bits per heavy atom. The molecule has 0 saturated carbocycles. The summed E-state index contributed by atoms with van der Waals surface area (Å²) in [7, 11) is 0. The highest BCUT2D eigenvalue weighted by molar-refractivity contribution is 5.26. The van der Waals surface area contributed by atoms with Crippen molar-refractivity contribution in [2.45, 2.75) is 50.3 Å². The lowest BCUT2D eigenvalue weighted by Gasteiger charge is -2.39. The highest BCUT2D eigenvalue weighted by atomic mass is 16.5. The molecule has 0 aliphatic carbocycles. The minimum atomic E-state index is -1.43. The summed E-state index contributed by atoms with van der Waals surface area (Å²) in [6, 6.07) is 8.23. The number of aryl methyl sites for hydroxylation is 1. The Hall–Kier alpha value is -1.90. The molecule has 0 spiro atoms. The molecule has 0 bridgehead atoms. The predicted molar refractivity (Wildman–Crippen MR) is 93.4 cm³/mol. The van der Waals surface area contributed by atoms with Gasteiger partial charge in [-0.1, -0.05) is 31.2 Å². The fourth-order valence-corrected chi connectivity index (χ4v) is 3.09. The monoisotopic (exact) mass is 360 g/mol. The minimum absolute atomic E-state index is 0.351. The van der Waals surface area contributed by atoms with Gasteiger partial charge in [0.15, 0.2) is 0 Å². The van der Waals surface area contributed by atoms with Gasteiger partial charge in [0, 0.05) is 12.6 Å². The molecule has 7 heteroatoms. The largest absolute Gasteiger partial charge is 0.394 e. The van der Waals surface area contributed by atoms with Crippen molar-refractivity contribution in [1.29, 1.82) is 0 Å². The first-order valence-electron chi connectivity index (χ1n) is 8.72. The van der Waals surface area contributed by atoms with Crippen molar-refractivity contribution in [3.05, 3.63) is 59.2 Å². The number of nitrogens with zero attached hydrogens (tertiary/aromatic N) is 2. The molecule has 3 rings (SSSR count). The molecule has 1 fully saturated rings. The molecule has 2 heterocycles. The van der Waals surface area contributed by atoms with Crippen LogP contribution in [0.25, 0.3) is 0 Å². The number of hydrogen-bond acceptors (Lipinski definition) is 7. The van der Waals surface area contributed by atoms with Crippen LogP contribution < -0.4 is 0 Å². The van der Waals surface area contributed by atoms with Crippen molar-refractivity contribution in [1.82, 2.24) is 9.97 Å². The summed E-state index contributed by atoms with van der Waals surface area (Å²) in [6.45, 7) is 1.63. The zero-order valence-electron chi connectivity index (χ0n) is 14.6. The molecule has 1 aliphatic heterocycles.